The molecule has 106 valence electrons. The Morgan fingerprint density at radius 1 is 0.778 bits per heavy atom. The van der Waals surface area contributed by atoms with Gasteiger partial charge in [0.1, 0.15) is 12.2 Å². The summed E-state index contributed by atoms with van der Waals surface area (Å²) in [4.78, 5) is 11.2. The predicted octanol–water partition coefficient (Wildman–Crippen LogP) is 4.83. The number of carbonyl (C=O) groups excluding carboxylic acids is 1. The molecule has 1 fully saturated rings. The molecule has 18 heavy (non-hydrogen) atoms. The first kappa shape index (κ1) is 15.3. The van der Waals surface area contributed by atoms with Crippen molar-refractivity contribution >= 4 is 6.16 Å². The van der Waals surface area contributed by atoms with Gasteiger partial charge >= 0.3 is 6.16 Å². The quantitative estimate of drug-likeness (QED) is 0.415. The third-order valence-corrected chi connectivity index (χ3v) is 3.59. The van der Waals surface area contributed by atoms with Crippen LogP contribution in [0.15, 0.2) is 0 Å². The monoisotopic (exact) mass is 256 g/mol. The Kier molecular flexibility index (Phi) is 7.86. The van der Waals surface area contributed by atoms with Gasteiger partial charge in [-0.25, -0.2) is 4.79 Å². The van der Waals surface area contributed by atoms with Crippen molar-refractivity contribution in [2.24, 2.45) is 0 Å². The summed E-state index contributed by atoms with van der Waals surface area (Å²) in [6.45, 7) is 4.41. The van der Waals surface area contributed by atoms with E-state index in [0.29, 0.717) is 0 Å². The van der Waals surface area contributed by atoms with E-state index in [2.05, 4.69) is 13.8 Å². The van der Waals surface area contributed by atoms with Crippen LogP contribution in [0.3, 0.4) is 0 Å². The lowest BCUT2D eigenvalue weighted by Crippen LogP contribution is -2.22. The van der Waals surface area contributed by atoms with Crippen LogP contribution in [-0.2, 0) is 9.47 Å². The number of carbonyl (C=O) groups is 1. The van der Waals surface area contributed by atoms with Crippen molar-refractivity contribution in [2.45, 2.75) is 90.3 Å². The zero-order valence-corrected chi connectivity index (χ0v) is 12.0. The molecule has 0 aromatic carbocycles. The second kappa shape index (κ2) is 9.23. The second-order valence-corrected chi connectivity index (χ2v) is 5.26. The first-order chi connectivity index (χ1) is 8.77. The molecule has 0 N–H and O–H groups in total. The van der Waals surface area contributed by atoms with Gasteiger partial charge in [-0.1, -0.05) is 52.4 Å². The largest absolute Gasteiger partial charge is 0.509 e. The van der Waals surface area contributed by atoms with Gasteiger partial charge in [-0.3, -0.25) is 0 Å². The Morgan fingerprint density at radius 3 is 1.61 bits per heavy atom. The molecule has 0 saturated carbocycles. The van der Waals surface area contributed by atoms with E-state index in [1.807, 2.05) is 0 Å². The van der Waals surface area contributed by atoms with Gasteiger partial charge in [-0.15, -0.1) is 0 Å². The van der Waals surface area contributed by atoms with E-state index in [1.54, 1.807) is 0 Å². The van der Waals surface area contributed by atoms with E-state index in [9.17, 15) is 4.79 Å². The molecule has 2 atom stereocenters. The Bertz CT molecular complexity index is 206. The maximum atomic E-state index is 11.2. The maximum Gasteiger partial charge on any atom is 0.509 e. The molecule has 0 bridgehead atoms. The molecule has 1 aliphatic heterocycles. The van der Waals surface area contributed by atoms with Gasteiger partial charge in [-0.05, 0) is 25.7 Å². The molecule has 0 aromatic rings. The van der Waals surface area contributed by atoms with E-state index in [0.717, 1.165) is 25.7 Å². The third kappa shape index (κ3) is 5.74. The molecule has 0 radical (unpaired) electrons. The van der Waals surface area contributed by atoms with Crippen molar-refractivity contribution in [1.82, 2.24) is 0 Å². The predicted molar refractivity (Wildman–Crippen MR) is 72.7 cm³/mol. The number of unbranched alkanes of at least 4 members (excludes halogenated alkanes) is 6. The van der Waals surface area contributed by atoms with Crippen LogP contribution in [0.4, 0.5) is 4.79 Å². The highest BCUT2D eigenvalue weighted by Gasteiger charge is 2.35. The van der Waals surface area contributed by atoms with Gasteiger partial charge in [0, 0.05) is 0 Å². The lowest BCUT2D eigenvalue weighted by Gasteiger charge is -2.15. The van der Waals surface area contributed by atoms with E-state index in [1.165, 1.54) is 38.5 Å². The first-order valence-electron chi connectivity index (χ1n) is 7.65. The van der Waals surface area contributed by atoms with Crippen LogP contribution in [0.25, 0.3) is 0 Å². The van der Waals surface area contributed by atoms with Crippen LogP contribution in [0.1, 0.15) is 78.1 Å². The minimum atomic E-state index is -0.462. The molecule has 0 spiro atoms. The van der Waals surface area contributed by atoms with Crippen LogP contribution in [0.2, 0.25) is 0 Å². The van der Waals surface area contributed by atoms with Gasteiger partial charge in [0.25, 0.3) is 0 Å². The van der Waals surface area contributed by atoms with Gasteiger partial charge in [-0.2, -0.15) is 0 Å². The van der Waals surface area contributed by atoms with Crippen LogP contribution >= 0.6 is 0 Å². The summed E-state index contributed by atoms with van der Waals surface area (Å²) in [5, 5.41) is 0. The van der Waals surface area contributed by atoms with Crippen molar-refractivity contribution in [3.63, 3.8) is 0 Å². The highest BCUT2D eigenvalue weighted by molar-refractivity contribution is 5.62. The zero-order chi connectivity index (χ0) is 13.2. The summed E-state index contributed by atoms with van der Waals surface area (Å²) < 4.78 is 10.5. The number of cyclic esters (lactones) is 2. The fourth-order valence-corrected chi connectivity index (χ4v) is 2.46. The lowest BCUT2D eigenvalue weighted by molar-refractivity contribution is 0.114. The van der Waals surface area contributed by atoms with E-state index >= 15 is 0 Å². The standard InChI is InChI=1S/C15H28O3/c1-3-5-7-9-11-13-14(18-15(16)17-13)12-10-8-6-4-2/h13-14H,3-12H2,1-2H3. The third-order valence-electron chi connectivity index (χ3n) is 3.59. The highest BCUT2D eigenvalue weighted by Crippen LogP contribution is 2.25. The fourth-order valence-electron chi connectivity index (χ4n) is 2.46. The molecule has 0 aromatic heterocycles. The van der Waals surface area contributed by atoms with E-state index < -0.39 is 6.16 Å². The van der Waals surface area contributed by atoms with Crippen molar-refractivity contribution < 1.29 is 14.3 Å². The van der Waals surface area contributed by atoms with Crippen LogP contribution in [0.5, 0.6) is 0 Å². The first-order valence-corrected chi connectivity index (χ1v) is 7.65. The molecule has 0 aliphatic carbocycles. The molecule has 3 nitrogen and oxygen atoms in total. The second-order valence-electron chi connectivity index (χ2n) is 5.26. The fraction of sp³-hybridized carbons (Fsp3) is 0.933. The molecule has 1 saturated heterocycles. The Balaban J connectivity index is 2.19. The Morgan fingerprint density at radius 2 is 1.22 bits per heavy atom. The van der Waals surface area contributed by atoms with Crippen molar-refractivity contribution in [3.05, 3.63) is 0 Å². The number of ether oxygens (including phenoxy) is 2. The summed E-state index contributed by atoms with van der Waals surface area (Å²) in [5.41, 5.74) is 0. The molecule has 1 rings (SSSR count). The Hall–Kier alpha value is -0.730. The summed E-state index contributed by atoms with van der Waals surface area (Å²) in [6.07, 6.45) is 11.2. The SMILES string of the molecule is CCCCCCC1OC(=O)OC1CCCCCC. The maximum absolute atomic E-state index is 11.2. The molecular weight excluding hydrogens is 228 g/mol. The normalized spacial score (nSPS) is 22.9. The van der Waals surface area contributed by atoms with E-state index in [-0.39, 0.29) is 12.2 Å². The topological polar surface area (TPSA) is 35.5 Å². The number of hydrogen-bond donors (Lipinski definition) is 0. The van der Waals surface area contributed by atoms with E-state index in [4.69, 9.17) is 9.47 Å². The van der Waals surface area contributed by atoms with Crippen LogP contribution in [-0.4, -0.2) is 18.4 Å². The summed E-state index contributed by atoms with van der Waals surface area (Å²) >= 11 is 0. The zero-order valence-electron chi connectivity index (χ0n) is 12.0. The minimum absolute atomic E-state index is 0.0102. The molecule has 2 unspecified atom stereocenters. The summed E-state index contributed by atoms with van der Waals surface area (Å²) in [5.74, 6) is 0. The van der Waals surface area contributed by atoms with Crippen LogP contribution < -0.4 is 0 Å². The summed E-state index contributed by atoms with van der Waals surface area (Å²) in [7, 11) is 0. The average molecular weight is 256 g/mol. The molecule has 1 aliphatic rings. The number of hydrogen-bond acceptors (Lipinski definition) is 3. The van der Waals surface area contributed by atoms with Crippen molar-refractivity contribution in [2.75, 3.05) is 0 Å². The molecular formula is C15H28O3. The number of rotatable bonds is 10. The molecule has 0 amide bonds. The van der Waals surface area contributed by atoms with Crippen LogP contribution in [0, 0.1) is 0 Å². The Labute approximate surface area is 111 Å². The minimum Gasteiger partial charge on any atom is -0.427 e. The summed E-state index contributed by atoms with van der Waals surface area (Å²) in [6, 6.07) is 0. The van der Waals surface area contributed by atoms with Gasteiger partial charge in [0.05, 0.1) is 0 Å². The van der Waals surface area contributed by atoms with Crippen molar-refractivity contribution in [1.29, 1.82) is 0 Å². The smallest absolute Gasteiger partial charge is 0.427 e. The lowest BCUT2D eigenvalue weighted by atomic mass is 10.0. The van der Waals surface area contributed by atoms with Gasteiger partial charge in [0.2, 0.25) is 0 Å². The van der Waals surface area contributed by atoms with Gasteiger partial charge in [0.15, 0.2) is 0 Å². The van der Waals surface area contributed by atoms with Gasteiger partial charge < -0.3 is 9.47 Å². The molecule has 1 heterocycles. The average Bonchev–Trinajstić information content (AvgIpc) is 2.71. The highest BCUT2D eigenvalue weighted by atomic mass is 16.8. The van der Waals surface area contributed by atoms with Crippen molar-refractivity contribution in [3.8, 4) is 0 Å². The molecule has 3 heteroatoms.